The van der Waals surface area contributed by atoms with Gasteiger partial charge in [-0.3, -0.25) is 9.69 Å². The number of hydrogen-bond acceptors (Lipinski definition) is 2. The minimum atomic E-state index is -4.16. The van der Waals surface area contributed by atoms with Crippen molar-refractivity contribution in [2.75, 3.05) is 26.2 Å². The van der Waals surface area contributed by atoms with Crippen LogP contribution in [0.25, 0.3) is 5.57 Å². The topological polar surface area (TPSA) is 32.3 Å². The van der Waals surface area contributed by atoms with Crippen molar-refractivity contribution < 1.29 is 18.0 Å². The Morgan fingerprint density at radius 1 is 1.35 bits per heavy atom. The monoisotopic (exact) mass is 326 g/mol. The van der Waals surface area contributed by atoms with Crippen molar-refractivity contribution in [1.29, 1.82) is 0 Å². The van der Waals surface area contributed by atoms with Crippen LogP contribution in [0.5, 0.6) is 0 Å². The zero-order valence-electron chi connectivity index (χ0n) is 13.1. The van der Waals surface area contributed by atoms with E-state index in [9.17, 15) is 18.0 Å². The van der Waals surface area contributed by atoms with Gasteiger partial charge in [0.1, 0.15) is 0 Å². The molecule has 126 valence electrons. The van der Waals surface area contributed by atoms with Gasteiger partial charge in [-0.05, 0) is 36.9 Å². The number of carbonyl (C=O) groups excluding carboxylic acids is 1. The Bertz CT molecular complexity index is 555. The van der Waals surface area contributed by atoms with Crippen molar-refractivity contribution in [2.24, 2.45) is 5.92 Å². The first-order valence-electron chi connectivity index (χ1n) is 7.64. The zero-order valence-corrected chi connectivity index (χ0v) is 13.1. The summed E-state index contributed by atoms with van der Waals surface area (Å²) in [7, 11) is 0. The summed E-state index contributed by atoms with van der Waals surface area (Å²) in [5, 5.41) is 2.79. The molecule has 0 aliphatic carbocycles. The molecule has 0 aromatic heterocycles. The van der Waals surface area contributed by atoms with Gasteiger partial charge in [0.15, 0.2) is 0 Å². The highest BCUT2D eigenvalue weighted by Gasteiger charge is 2.34. The molecule has 2 rings (SSSR count). The maximum atomic E-state index is 12.3. The molecule has 0 bridgehead atoms. The molecule has 0 saturated carbocycles. The lowest BCUT2D eigenvalue weighted by atomic mass is 10.1. The number of allylic oxidation sites excluding steroid dienone is 1. The van der Waals surface area contributed by atoms with Gasteiger partial charge in [-0.1, -0.05) is 30.3 Å². The SMILES string of the molecule is C/C(=C\C(=O)NC[C@H]1CCN(CC(F)(F)F)C1)c1ccccc1. The molecule has 1 atom stereocenters. The smallest absolute Gasteiger partial charge is 0.352 e. The number of hydrogen-bond donors (Lipinski definition) is 1. The predicted octanol–water partition coefficient (Wildman–Crippen LogP) is 3.09. The van der Waals surface area contributed by atoms with Crippen molar-refractivity contribution in [3.05, 3.63) is 42.0 Å². The van der Waals surface area contributed by atoms with Crippen molar-refractivity contribution in [3.8, 4) is 0 Å². The summed E-state index contributed by atoms with van der Waals surface area (Å²) in [6.07, 6.45) is -1.96. The molecule has 1 fully saturated rings. The van der Waals surface area contributed by atoms with Crippen LogP contribution < -0.4 is 5.32 Å². The maximum Gasteiger partial charge on any atom is 0.401 e. The number of halogens is 3. The van der Waals surface area contributed by atoms with Crippen LogP contribution in [0.1, 0.15) is 18.9 Å². The van der Waals surface area contributed by atoms with Gasteiger partial charge in [0.2, 0.25) is 5.91 Å². The predicted molar refractivity (Wildman–Crippen MR) is 83.7 cm³/mol. The molecular formula is C17H21F3N2O. The highest BCUT2D eigenvalue weighted by molar-refractivity contribution is 5.94. The van der Waals surface area contributed by atoms with Crippen LogP contribution in [0.15, 0.2) is 36.4 Å². The molecule has 0 unspecified atom stereocenters. The highest BCUT2D eigenvalue weighted by Crippen LogP contribution is 2.22. The van der Waals surface area contributed by atoms with Gasteiger partial charge >= 0.3 is 6.18 Å². The second-order valence-electron chi connectivity index (χ2n) is 5.94. The molecule has 6 heteroatoms. The number of rotatable bonds is 5. The van der Waals surface area contributed by atoms with E-state index in [0.29, 0.717) is 26.1 Å². The standard InChI is InChI=1S/C17H21F3N2O/c1-13(15-5-3-2-4-6-15)9-16(23)21-10-14-7-8-22(11-14)12-17(18,19)20/h2-6,9,14H,7-8,10-12H2,1H3,(H,21,23)/b13-9+/t14-/m1/s1. The van der Waals surface area contributed by atoms with Gasteiger partial charge in [0.25, 0.3) is 0 Å². The van der Waals surface area contributed by atoms with E-state index in [0.717, 1.165) is 11.1 Å². The Kier molecular flexibility index (Phi) is 5.82. The fourth-order valence-corrected chi connectivity index (χ4v) is 2.75. The van der Waals surface area contributed by atoms with Gasteiger partial charge in [-0.25, -0.2) is 0 Å². The Balaban J connectivity index is 1.77. The second kappa shape index (κ2) is 7.64. The number of carbonyl (C=O) groups is 1. The Morgan fingerprint density at radius 2 is 2.04 bits per heavy atom. The molecule has 1 heterocycles. The minimum absolute atomic E-state index is 0.0757. The molecule has 0 radical (unpaired) electrons. The van der Waals surface area contributed by atoms with E-state index in [1.165, 1.54) is 11.0 Å². The Hall–Kier alpha value is -1.82. The van der Waals surface area contributed by atoms with Crippen LogP contribution >= 0.6 is 0 Å². The Labute approximate surface area is 134 Å². The first-order valence-corrected chi connectivity index (χ1v) is 7.64. The molecule has 1 N–H and O–H groups in total. The molecule has 23 heavy (non-hydrogen) atoms. The third-order valence-corrected chi connectivity index (χ3v) is 3.91. The van der Waals surface area contributed by atoms with Crippen molar-refractivity contribution in [2.45, 2.75) is 19.5 Å². The van der Waals surface area contributed by atoms with E-state index in [4.69, 9.17) is 0 Å². The zero-order chi connectivity index (χ0) is 16.9. The van der Waals surface area contributed by atoms with Gasteiger partial charge in [0, 0.05) is 19.2 Å². The Morgan fingerprint density at radius 3 is 2.70 bits per heavy atom. The number of amides is 1. The lowest BCUT2D eigenvalue weighted by molar-refractivity contribution is -0.143. The van der Waals surface area contributed by atoms with E-state index in [-0.39, 0.29) is 11.8 Å². The summed E-state index contributed by atoms with van der Waals surface area (Å²) in [4.78, 5) is 13.3. The van der Waals surface area contributed by atoms with E-state index in [1.54, 1.807) is 0 Å². The average Bonchev–Trinajstić information content (AvgIpc) is 2.91. The molecule has 1 aliphatic rings. The van der Waals surface area contributed by atoms with E-state index in [1.807, 2.05) is 37.3 Å². The van der Waals surface area contributed by atoms with Gasteiger partial charge in [0.05, 0.1) is 6.54 Å². The number of nitrogens with one attached hydrogen (secondary N) is 1. The van der Waals surface area contributed by atoms with E-state index in [2.05, 4.69) is 5.32 Å². The van der Waals surface area contributed by atoms with Crippen LogP contribution in [-0.2, 0) is 4.79 Å². The van der Waals surface area contributed by atoms with Gasteiger partial charge < -0.3 is 5.32 Å². The summed E-state index contributed by atoms with van der Waals surface area (Å²) in [5.41, 5.74) is 1.83. The summed E-state index contributed by atoms with van der Waals surface area (Å²) < 4.78 is 37.0. The van der Waals surface area contributed by atoms with E-state index >= 15 is 0 Å². The first-order chi connectivity index (χ1) is 10.8. The summed E-state index contributed by atoms with van der Waals surface area (Å²) in [5.74, 6) is -0.132. The van der Waals surface area contributed by atoms with Gasteiger partial charge in [-0.2, -0.15) is 13.2 Å². The quantitative estimate of drug-likeness (QED) is 0.844. The second-order valence-corrected chi connectivity index (χ2v) is 5.94. The molecule has 0 spiro atoms. The third-order valence-electron chi connectivity index (χ3n) is 3.91. The fourth-order valence-electron chi connectivity index (χ4n) is 2.75. The summed E-state index contributed by atoms with van der Waals surface area (Å²) in [6, 6.07) is 9.55. The van der Waals surface area contributed by atoms with E-state index < -0.39 is 12.7 Å². The lowest BCUT2D eigenvalue weighted by Gasteiger charge is -2.17. The molecule has 1 aromatic carbocycles. The molecule has 1 amide bonds. The molecule has 1 aliphatic heterocycles. The maximum absolute atomic E-state index is 12.3. The number of nitrogens with zero attached hydrogens (tertiary/aromatic N) is 1. The number of alkyl halides is 3. The highest BCUT2D eigenvalue weighted by atomic mass is 19.4. The van der Waals surface area contributed by atoms with Crippen LogP contribution in [0.3, 0.4) is 0 Å². The number of benzene rings is 1. The van der Waals surface area contributed by atoms with Crippen LogP contribution in [-0.4, -0.2) is 43.2 Å². The minimum Gasteiger partial charge on any atom is -0.352 e. The third kappa shape index (κ3) is 6.06. The normalized spacial score (nSPS) is 19.8. The van der Waals surface area contributed by atoms with Crippen molar-refractivity contribution in [3.63, 3.8) is 0 Å². The van der Waals surface area contributed by atoms with Crippen LogP contribution in [0, 0.1) is 5.92 Å². The first kappa shape index (κ1) is 17.5. The largest absolute Gasteiger partial charge is 0.401 e. The van der Waals surface area contributed by atoms with Crippen molar-refractivity contribution in [1.82, 2.24) is 10.2 Å². The molecule has 3 nitrogen and oxygen atoms in total. The van der Waals surface area contributed by atoms with Crippen LogP contribution in [0.2, 0.25) is 0 Å². The molecular weight excluding hydrogens is 305 g/mol. The van der Waals surface area contributed by atoms with Crippen molar-refractivity contribution >= 4 is 11.5 Å². The average molecular weight is 326 g/mol. The molecule has 1 saturated heterocycles. The van der Waals surface area contributed by atoms with Gasteiger partial charge in [-0.15, -0.1) is 0 Å². The van der Waals surface area contributed by atoms with Crippen LogP contribution in [0.4, 0.5) is 13.2 Å². The fraction of sp³-hybridized carbons (Fsp3) is 0.471. The lowest BCUT2D eigenvalue weighted by Crippen LogP contribution is -2.34. The summed E-state index contributed by atoms with van der Waals surface area (Å²) >= 11 is 0. The molecule has 1 aromatic rings. The summed E-state index contributed by atoms with van der Waals surface area (Å²) in [6.45, 7) is 2.20. The number of likely N-dealkylation sites (tertiary alicyclic amines) is 1.